The summed E-state index contributed by atoms with van der Waals surface area (Å²) >= 11 is 0. The summed E-state index contributed by atoms with van der Waals surface area (Å²) in [5, 5.41) is 3.01. The summed E-state index contributed by atoms with van der Waals surface area (Å²) in [6.07, 6.45) is 0. The maximum absolute atomic E-state index is 12.7. The number of carbonyl (C=O) groups is 1. The fourth-order valence-electron chi connectivity index (χ4n) is 2.61. The van der Waals surface area contributed by atoms with E-state index < -0.39 is 0 Å². The van der Waals surface area contributed by atoms with E-state index in [1.54, 1.807) is 12.1 Å². The summed E-state index contributed by atoms with van der Waals surface area (Å²) in [6.45, 7) is 6.09. The minimum absolute atomic E-state index is 0.120. The molecule has 0 aromatic heterocycles. The van der Waals surface area contributed by atoms with Crippen molar-refractivity contribution in [3.05, 3.63) is 52.6 Å². The Balaban J connectivity index is 2.26. The summed E-state index contributed by atoms with van der Waals surface area (Å²) in [6, 6.07) is 9.35. The van der Waals surface area contributed by atoms with Gasteiger partial charge in [0.15, 0.2) is 11.5 Å². The molecule has 0 heterocycles. The lowest BCUT2D eigenvalue weighted by atomic mass is 10.0. The van der Waals surface area contributed by atoms with Crippen LogP contribution in [0.15, 0.2) is 30.3 Å². The van der Waals surface area contributed by atoms with Gasteiger partial charge in [-0.1, -0.05) is 18.2 Å². The Labute approximate surface area is 148 Å². The Morgan fingerprint density at radius 2 is 1.52 bits per heavy atom. The van der Waals surface area contributed by atoms with Crippen molar-refractivity contribution >= 4 is 5.91 Å². The van der Waals surface area contributed by atoms with Crippen LogP contribution in [-0.2, 0) is 0 Å². The quantitative estimate of drug-likeness (QED) is 0.866. The van der Waals surface area contributed by atoms with Gasteiger partial charge in [-0.05, 0) is 49.6 Å². The molecule has 1 amide bonds. The molecule has 1 N–H and O–H groups in total. The first kappa shape index (κ1) is 18.6. The minimum atomic E-state index is -0.204. The third kappa shape index (κ3) is 4.05. The Bertz CT molecular complexity index is 745. The van der Waals surface area contributed by atoms with E-state index in [1.165, 1.54) is 32.5 Å². The minimum Gasteiger partial charge on any atom is -0.493 e. The Hall–Kier alpha value is -2.69. The monoisotopic (exact) mass is 343 g/mol. The smallest absolute Gasteiger partial charge is 0.252 e. The highest BCUT2D eigenvalue weighted by molar-refractivity contribution is 5.95. The number of aryl methyl sites for hydroxylation is 2. The third-order valence-corrected chi connectivity index (χ3v) is 4.31. The van der Waals surface area contributed by atoms with Crippen molar-refractivity contribution in [2.75, 3.05) is 21.3 Å². The van der Waals surface area contributed by atoms with Crippen LogP contribution in [0.3, 0.4) is 0 Å². The van der Waals surface area contributed by atoms with Gasteiger partial charge in [0.1, 0.15) is 0 Å². The Morgan fingerprint density at radius 1 is 0.920 bits per heavy atom. The van der Waals surface area contributed by atoms with E-state index >= 15 is 0 Å². The predicted molar refractivity (Wildman–Crippen MR) is 97.9 cm³/mol. The van der Waals surface area contributed by atoms with Gasteiger partial charge in [0.2, 0.25) is 5.75 Å². The molecule has 2 rings (SSSR count). The standard InChI is InChI=1S/C20H25NO4/c1-12-7-8-15(9-13(12)2)14(3)21-20(22)16-10-17(23-4)19(25-6)18(11-16)24-5/h7-11,14H,1-6H3,(H,21,22)/t14-/m1/s1. The molecule has 134 valence electrons. The van der Waals surface area contributed by atoms with Crippen LogP contribution in [0.1, 0.15) is 40.0 Å². The van der Waals surface area contributed by atoms with Crippen molar-refractivity contribution < 1.29 is 19.0 Å². The fraction of sp³-hybridized carbons (Fsp3) is 0.350. The first-order chi connectivity index (χ1) is 11.9. The molecule has 2 aromatic rings. The van der Waals surface area contributed by atoms with E-state index in [1.807, 2.05) is 13.0 Å². The number of methoxy groups -OCH3 is 3. The van der Waals surface area contributed by atoms with Crippen LogP contribution < -0.4 is 19.5 Å². The van der Waals surface area contributed by atoms with Crippen molar-refractivity contribution in [2.45, 2.75) is 26.8 Å². The van der Waals surface area contributed by atoms with Gasteiger partial charge in [-0.2, -0.15) is 0 Å². The highest BCUT2D eigenvalue weighted by Crippen LogP contribution is 2.38. The lowest BCUT2D eigenvalue weighted by Gasteiger charge is -2.17. The molecule has 1 atom stereocenters. The van der Waals surface area contributed by atoms with Crippen molar-refractivity contribution in [3.63, 3.8) is 0 Å². The zero-order chi connectivity index (χ0) is 18.6. The summed E-state index contributed by atoms with van der Waals surface area (Å²) in [5.74, 6) is 1.16. The summed E-state index contributed by atoms with van der Waals surface area (Å²) in [7, 11) is 4.58. The van der Waals surface area contributed by atoms with Gasteiger partial charge < -0.3 is 19.5 Å². The SMILES string of the molecule is COc1cc(C(=O)N[C@H](C)c2ccc(C)c(C)c2)cc(OC)c1OC. The van der Waals surface area contributed by atoms with Gasteiger partial charge in [-0.3, -0.25) is 4.79 Å². The molecular weight excluding hydrogens is 318 g/mol. The molecule has 0 saturated heterocycles. The van der Waals surface area contributed by atoms with Crippen molar-refractivity contribution in [3.8, 4) is 17.2 Å². The maximum atomic E-state index is 12.7. The first-order valence-electron chi connectivity index (χ1n) is 8.09. The normalized spacial score (nSPS) is 11.6. The Morgan fingerprint density at radius 3 is 2.00 bits per heavy atom. The summed E-state index contributed by atoms with van der Waals surface area (Å²) in [5.41, 5.74) is 3.94. The molecule has 5 nitrogen and oxygen atoms in total. The average Bonchev–Trinajstić information content (AvgIpc) is 2.62. The fourth-order valence-corrected chi connectivity index (χ4v) is 2.61. The molecule has 0 saturated carbocycles. The molecule has 0 aliphatic rings. The van der Waals surface area contributed by atoms with Gasteiger partial charge in [-0.15, -0.1) is 0 Å². The molecule has 2 aromatic carbocycles. The molecule has 0 unspecified atom stereocenters. The number of benzene rings is 2. The molecule has 0 fully saturated rings. The van der Waals surface area contributed by atoms with Crippen molar-refractivity contribution in [1.29, 1.82) is 0 Å². The van der Waals surface area contributed by atoms with Gasteiger partial charge in [-0.25, -0.2) is 0 Å². The number of ether oxygens (including phenoxy) is 3. The second-order valence-electron chi connectivity index (χ2n) is 5.95. The lowest BCUT2D eigenvalue weighted by Crippen LogP contribution is -2.26. The molecule has 0 spiro atoms. The number of amides is 1. The van der Waals surface area contributed by atoms with Crippen LogP contribution in [0.5, 0.6) is 17.2 Å². The number of nitrogens with one attached hydrogen (secondary N) is 1. The first-order valence-corrected chi connectivity index (χ1v) is 8.09. The molecule has 0 aliphatic carbocycles. The van der Waals surface area contributed by atoms with Crippen LogP contribution in [0.2, 0.25) is 0 Å². The number of rotatable bonds is 6. The molecule has 25 heavy (non-hydrogen) atoms. The highest BCUT2D eigenvalue weighted by Gasteiger charge is 2.18. The van der Waals surface area contributed by atoms with Crippen LogP contribution in [-0.4, -0.2) is 27.2 Å². The number of hydrogen-bond donors (Lipinski definition) is 1. The van der Waals surface area contributed by atoms with Crippen molar-refractivity contribution in [2.24, 2.45) is 0 Å². The van der Waals surface area contributed by atoms with Crippen LogP contribution in [0, 0.1) is 13.8 Å². The molecule has 0 bridgehead atoms. The molecule has 0 radical (unpaired) electrons. The van der Waals surface area contributed by atoms with E-state index in [4.69, 9.17) is 14.2 Å². The lowest BCUT2D eigenvalue weighted by molar-refractivity contribution is 0.0939. The summed E-state index contributed by atoms with van der Waals surface area (Å²) < 4.78 is 15.9. The predicted octanol–water partition coefficient (Wildman–Crippen LogP) is 3.82. The van der Waals surface area contributed by atoms with Crippen molar-refractivity contribution in [1.82, 2.24) is 5.32 Å². The number of carbonyl (C=O) groups excluding carboxylic acids is 1. The van der Waals surface area contributed by atoms with Crippen LogP contribution >= 0.6 is 0 Å². The maximum Gasteiger partial charge on any atom is 0.252 e. The largest absolute Gasteiger partial charge is 0.493 e. The highest BCUT2D eigenvalue weighted by atomic mass is 16.5. The molecule has 5 heteroatoms. The second kappa shape index (κ2) is 7.92. The topological polar surface area (TPSA) is 56.8 Å². The van der Waals surface area contributed by atoms with E-state index in [-0.39, 0.29) is 11.9 Å². The second-order valence-corrected chi connectivity index (χ2v) is 5.95. The van der Waals surface area contributed by atoms with E-state index in [2.05, 4.69) is 31.3 Å². The van der Waals surface area contributed by atoms with Gasteiger partial charge >= 0.3 is 0 Å². The van der Waals surface area contributed by atoms with Crippen LogP contribution in [0.4, 0.5) is 0 Å². The van der Waals surface area contributed by atoms with Crippen LogP contribution in [0.25, 0.3) is 0 Å². The number of hydrogen-bond acceptors (Lipinski definition) is 4. The van der Waals surface area contributed by atoms with E-state index in [9.17, 15) is 4.79 Å². The van der Waals surface area contributed by atoms with Gasteiger partial charge in [0.05, 0.1) is 27.4 Å². The Kier molecular flexibility index (Phi) is 5.91. The molecular formula is C20H25NO4. The third-order valence-electron chi connectivity index (χ3n) is 4.31. The molecule has 0 aliphatic heterocycles. The van der Waals surface area contributed by atoms with E-state index in [0.717, 1.165) is 5.56 Å². The zero-order valence-corrected chi connectivity index (χ0v) is 15.6. The zero-order valence-electron chi connectivity index (χ0n) is 15.6. The average molecular weight is 343 g/mol. The summed E-state index contributed by atoms with van der Waals surface area (Å²) in [4.78, 5) is 12.7. The van der Waals surface area contributed by atoms with E-state index in [0.29, 0.717) is 22.8 Å². The van der Waals surface area contributed by atoms with Gasteiger partial charge in [0.25, 0.3) is 5.91 Å². The van der Waals surface area contributed by atoms with Gasteiger partial charge in [0, 0.05) is 5.56 Å².